The molecule has 4 nitrogen and oxygen atoms in total. The Labute approximate surface area is 104 Å². The summed E-state index contributed by atoms with van der Waals surface area (Å²) in [5.74, 6) is 0.780. The lowest BCUT2D eigenvalue weighted by Gasteiger charge is -2.02. The van der Waals surface area contributed by atoms with Crippen molar-refractivity contribution in [3.05, 3.63) is 36.8 Å². The monoisotopic (exact) mass is 238 g/mol. The van der Waals surface area contributed by atoms with Crippen molar-refractivity contribution in [1.29, 1.82) is 0 Å². The fourth-order valence-corrected chi connectivity index (χ4v) is 2.49. The highest BCUT2D eigenvalue weighted by Crippen LogP contribution is 2.40. The van der Waals surface area contributed by atoms with Crippen LogP contribution in [0.1, 0.15) is 18.9 Å². The van der Waals surface area contributed by atoms with Crippen molar-refractivity contribution in [2.24, 2.45) is 0 Å². The van der Waals surface area contributed by atoms with E-state index in [-0.39, 0.29) is 0 Å². The summed E-state index contributed by atoms with van der Waals surface area (Å²) < 4.78 is 2.09. The summed E-state index contributed by atoms with van der Waals surface area (Å²) in [6.45, 7) is 0. The summed E-state index contributed by atoms with van der Waals surface area (Å²) in [7, 11) is 0. The van der Waals surface area contributed by atoms with Gasteiger partial charge in [0, 0.05) is 28.7 Å². The van der Waals surface area contributed by atoms with Crippen LogP contribution in [0.15, 0.2) is 36.8 Å². The third-order valence-electron chi connectivity index (χ3n) is 3.62. The van der Waals surface area contributed by atoms with Crippen LogP contribution in [0.25, 0.3) is 22.2 Å². The van der Waals surface area contributed by atoms with Gasteiger partial charge in [-0.15, -0.1) is 0 Å². The highest BCUT2D eigenvalue weighted by atomic mass is 15.2. The summed E-state index contributed by atoms with van der Waals surface area (Å²) in [6.07, 6.45) is 6.28. The van der Waals surface area contributed by atoms with Gasteiger partial charge in [0.1, 0.15) is 11.5 Å². The first-order valence-corrected chi connectivity index (χ1v) is 6.23. The van der Waals surface area contributed by atoms with Crippen molar-refractivity contribution in [3.63, 3.8) is 0 Å². The lowest BCUT2D eigenvalue weighted by atomic mass is 10.1. The van der Waals surface area contributed by atoms with Crippen LogP contribution in [0.5, 0.6) is 0 Å². The van der Waals surface area contributed by atoms with Gasteiger partial charge in [-0.05, 0) is 18.9 Å². The SMILES string of the molecule is Nc1c(-c2c[nH]c3ccccc23)ncn1C1CC1. The molecule has 0 bridgehead atoms. The molecule has 1 aliphatic carbocycles. The summed E-state index contributed by atoms with van der Waals surface area (Å²) >= 11 is 0. The fraction of sp³-hybridized carbons (Fsp3) is 0.214. The van der Waals surface area contributed by atoms with Crippen molar-refractivity contribution in [1.82, 2.24) is 14.5 Å². The highest BCUT2D eigenvalue weighted by molar-refractivity contribution is 5.96. The molecule has 0 radical (unpaired) electrons. The number of nitrogens with one attached hydrogen (secondary N) is 1. The van der Waals surface area contributed by atoms with Crippen molar-refractivity contribution >= 4 is 16.7 Å². The number of fused-ring (bicyclic) bond motifs is 1. The molecule has 3 N–H and O–H groups in total. The number of nitrogens with two attached hydrogens (primary N) is 1. The van der Waals surface area contributed by atoms with E-state index < -0.39 is 0 Å². The maximum Gasteiger partial charge on any atom is 0.131 e. The number of aromatic nitrogens is 3. The van der Waals surface area contributed by atoms with Crippen molar-refractivity contribution < 1.29 is 0 Å². The van der Waals surface area contributed by atoms with Crippen molar-refractivity contribution in [2.45, 2.75) is 18.9 Å². The van der Waals surface area contributed by atoms with Crippen LogP contribution in [-0.4, -0.2) is 14.5 Å². The molecule has 0 spiro atoms. The van der Waals surface area contributed by atoms with E-state index in [1.54, 1.807) is 0 Å². The van der Waals surface area contributed by atoms with Gasteiger partial charge in [0.2, 0.25) is 0 Å². The smallest absolute Gasteiger partial charge is 0.131 e. The summed E-state index contributed by atoms with van der Waals surface area (Å²) in [6, 6.07) is 8.78. The van der Waals surface area contributed by atoms with Crippen LogP contribution in [0.2, 0.25) is 0 Å². The number of rotatable bonds is 2. The Morgan fingerprint density at radius 1 is 1.28 bits per heavy atom. The number of anilines is 1. The number of hydrogen-bond acceptors (Lipinski definition) is 2. The summed E-state index contributed by atoms with van der Waals surface area (Å²) in [5.41, 5.74) is 9.31. The Bertz CT molecular complexity index is 718. The van der Waals surface area contributed by atoms with Gasteiger partial charge < -0.3 is 15.3 Å². The van der Waals surface area contributed by atoms with E-state index in [2.05, 4.69) is 26.7 Å². The van der Waals surface area contributed by atoms with E-state index in [0.29, 0.717) is 6.04 Å². The van der Waals surface area contributed by atoms with E-state index >= 15 is 0 Å². The van der Waals surface area contributed by atoms with Crippen LogP contribution in [0.3, 0.4) is 0 Å². The zero-order chi connectivity index (χ0) is 12.1. The Balaban J connectivity index is 1.91. The molecule has 2 heterocycles. The lowest BCUT2D eigenvalue weighted by molar-refractivity contribution is 0.751. The number of hydrogen-bond donors (Lipinski definition) is 2. The molecule has 1 fully saturated rings. The number of benzene rings is 1. The van der Waals surface area contributed by atoms with E-state index in [0.717, 1.165) is 22.6 Å². The second-order valence-electron chi connectivity index (χ2n) is 4.86. The average molecular weight is 238 g/mol. The molecule has 0 saturated heterocycles. The molecule has 4 heteroatoms. The standard InChI is InChI=1S/C14H14N4/c15-14-13(17-8-18(14)9-5-6-9)11-7-16-12-4-2-1-3-10(11)12/h1-4,7-9,16H,5-6,15H2. The predicted molar refractivity (Wildman–Crippen MR) is 72.2 cm³/mol. The van der Waals surface area contributed by atoms with Gasteiger partial charge in [0.25, 0.3) is 0 Å². The van der Waals surface area contributed by atoms with Crippen LogP contribution in [0, 0.1) is 0 Å². The van der Waals surface area contributed by atoms with Crippen LogP contribution in [0.4, 0.5) is 5.82 Å². The van der Waals surface area contributed by atoms with Crippen molar-refractivity contribution in [2.75, 3.05) is 5.73 Å². The quantitative estimate of drug-likeness (QED) is 0.721. The molecule has 1 aromatic carbocycles. The molecule has 90 valence electrons. The first-order chi connectivity index (χ1) is 8.84. The number of nitrogen functional groups attached to an aromatic ring is 1. The minimum Gasteiger partial charge on any atom is -0.383 e. The van der Waals surface area contributed by atoms with E-state index in [1.807, 2.05) is 24.7 Å². The molecule has 1 aliphatic rings. The molecule has 0 unspecified atom stereocenters. The third kappa shape index (κ3) is 1.29. The number of nitrogens with zero attached hydrogens (tertiary/aromatic N) is 2. The summed E-state index contributed by atoms with van der Waals surface area (Å²) in [5, 5.41) is 1.17. The molecule has 0 atom stereocenters. The third-order valence-corrected chi connectivity index (χ3v) is 3.62. The van der Waals surface area contributed by atoms with Gasteiger partial charge in [-0.3, -0.25) is 0 Å². The van der Waals surface area contributed by atoms with Gasteiger partial charge >= 0.3 is 0 Å². The maximum absolute atomic E-state index is 6.21. The highest BCUT2D eigenvalue weighted by Gasteiger charge is 2.26. The number of aromatic amines is 1. The molecule has 0 aliphatic heterocycles. The minimum atomic E-state index is 0.566. The normalized spacial score (nSPS) is 15.3. The van der Waals surface area contributed by atoms with E-state index in [9.17, 15) is 0 Å². The molecule has 1 saturated carbocycles. The average Bonchev–Trinajstić information content (AvgIpc) is 3.04. The van der Waals surface area contributed by atoms with Gasteiger partial charge in [-0.25, -0.2) is 4.98 Å². The Morgan fingerprint density at radius 3 is 2.94 bits per heavy atom. The Morgan fingerprint density at radius 2 is 2.11 bits per heavy atom. The van der Waals surface area contributed by atoms with Crippen LogP contribution >= 0.6 is 0 Å². The second kappa shape index (κ2) is 3.38. The lowest BCUT2D eigenvalue weighted by Crippen LogP contribution is -1.99. The van der Waals surface area contributed by atoms with E-state index in [4.69, 9.17) is 5.73 Å². The topological polar surface area (TPSA) is 59.6 Å². The van der Waals surface area contributed by atoms with Gasteiger partial charge in [0.15, 0.2) is 0 Å². The van der Waals surface area contributed by atoms with Gasteiger partial charge in [-0.2, -0.15) is 0 Å². The molecule has 2 aromatic heterocycles. The Hall–Kier alpha value is -2.23. The van der Waals surface area contributed by atoms with Crippen LogP contribution in [-0.2, 0) is 0 Å². The predicted octanol–water partition coefficient (Wildman–Crippen LogP) is 2.95. The number of H-pyrrole nitrogens is 1. The molecule has 0 amide bonds. The number of imidazole rings is 1. The van der Waals surface area contributed by atoms with E-state index in [1.165, 1.54) is 18.2 Å². The zero-order valence-corrected chi connectivity index (χ0v) is 9.93. The van der Waals surface area contributed by atoms with Crippen LogP contribution < -0.4 is 5.73 Å². The van der Waals surface area contributed by atoms with Gasteiger partial charge in [-0.1, -0.05) is 18.2 Å². The van der Waals surface area contributed by atoms with Gasteiger partial charge in [0.05, 0.1) is 6.33 Å². The molecule has 3 aromatic rings. The summed E-state index contributed by atoms with van der Waals surface area (Å²) in [4.78, 5) is 7.75. The molecule has 4 rings (SSSR count). The Kier molecular flexibility index (Phi) is 1.84. The minimum absolute atomic E-state index is 0.566. The molecule has 18 heavy (non-hydrogen) atoms. The molecular weight excluding hydrogens is 224 g/mol. The van der Waals surface area contributed by atoms with Crippen molar-refractivity contribution in [3.8, 4) is 11.3 Å². The second-order valence-corrected chi connectivity index (χ2v) is 4.86. The molecular formula is C14H14N4. The fourth-order valence-electron chi connectivity index (χ4n) is 2.49. The first-order valence-electron chi connectivity index (χ1n) is 6.23. The number of para-hydroxylation sites is 1. The zero-order valence-electron chi connectivity index (χ0n) is 9.93. The largest absolute Gasteiger partial charge is 0.383 e. The maximum atomic E-state index is 6.21. The first kappa shape index (κ1) is 9.76.